The zero-order valence-corrected chi connectivity index (χ0v) is 15.8. The summed E-state index contributed by atoms with van der Waals surface area (Å²) in [5.41, 5.74) is 2.51. The zero-order valence-electron chi connectivity index (χ0n) is 14.2. The van der Waals surface area contributed by atoms with Crippen LogP contribution in [0.25, 0.3) is 0 Å². The third kappa shape index (κ3) is 3.67. The van der Waals surface area contributed by atoms with Crippen molar-refractivity contribution in [2.45, 2.75) is 12.1 Å². The summed E-state index contributed by atoms with van der Waals surface area (Å²) in [4.78, 5) is 2.37. The molecule has 0 bridgehead atoms. The number of hydrogen-bond acceptors (Lipinski definition) is 2. The number of nitrogens with zero attached hydrogens (tertiary/aromatic N) is 1. The largest absolute Gasteiger partial charge is 0.485 e. The standard InChI is InChI=1S/C22H19BrFNO/c23-18-11-12-21(20(24)13-18)26-19-14-25(15-19)22(16-7-3-1-4-8-16)17-9-5-2-6-10-17/h1-13,19,22H,14-15H2. The minimum atomic E-state index is -0.333. The van der Waals surface area contributed by atoms with Crippen LogP contribution in [-0.2, 0) is 0 Å². The third-order valence-corrected chi connectivity index (χ3v) is 5.15. The van der Waals surface area contributed by atoms with Crippen LogP contribution in [0.1, 0.15) is 17.2 Å². The number of halogens is 2. The van der Waals surface area contributed by atoms with Gasteiger partial charge >= 0.3 is 0 Å². The van der Waals surface area contributed by atoms with Gasteiger partial charge in [-0.1, -0.05) is 76.6 Å². The van der Waals surface area contributed by atoms with Crippen molar-refractivity contribution in [1.82, 2.24) is 4.90 Å². The van der Waals surface area contributed by atoms with E-state index in [1.54, 1.807) is 12.1 Å². The molecule has 0 aromatic heterocycles. The molecule has 132 valence electrons. The highest BCUT2D eigenvalue weighted by molar-refractivity contribution is 9.10. The van der Waals surface area contributed by atoms with Gasteiger partial charge in [0.05, 0.1) is 6.04 Å². The lowest BCUT2D eigenvalue weighted by Crippen LogP contribution is -2.55. The van der Waals surface area contributed by atoms with Gasteiger partial charge in [-0.2, -0.15) is 0 Å². The van der Waals surface area contributed by atoms with Gasteiger partial charge in [0.15, 0.2) is 11.6 Å². The van der Waals surface area contributed by atoms with Crippen LogP contribution in [0.5, 0.6) is 5.75 Å². The van der Waals surface area contributed by atoms with E-state index in [0.717, 1.165) is 13.1 Å². The summed E-state index contributed by atoms with van der Waals surface area (Å²) in [5.74, 6) is -0.0192. The first-order chi connectivity index (χ1) is 12.7. The molecule has 1 heterocycles. The van der Waals surface area contributed by atoms with Crippen molar-refractivity contribution < 1.29 is 9.13 Å². The maximum atomic E-state index is 14.0. The molecular weight excluding hydrogens is 393 g/mol. The Labute approximate surface area is 161 Å². The van der Waals surface area contributed by atoms with E-state index in [-0.39, 0.29) is 18.0 Å². The topological polar surface area (TPSA) is 12.5 Å². The van der Waals surface area contributed by atoms with Gasteiger partial charge < -0.3 is 4.74 Å². The first-order valence-corrected chi connectivity index (χ1v) is 9.45. The van der Waals surface area contributed by atoms with Crippen LogP contribution in [0.15, 0.2) is 83.3 Å². The lowest BCUT2D eigenvalue weighted by atomic mass is 9.94. The molecule has 3 aromatic carbocycles. The van der Waals surface area contributed by atoms with Crippen LogP contribution in [0, 0.1) is 5.82 Å². The highest BCUT2D eigenvalue weighted by Crippen LogP contribution is 2.34. The van der Waals surface area contributed by atoms with Gasteiger partial charge in [-0.15, -0.1) is 0 Å². The molecule has 1 aliphatic rings. The highest BCUT2D eigenvalue weighted by Gasteiger charge is 2.35. The van der Waals surface area contributed by atoms with E-state index in [4.69, 9.17) is 4.74 Å². The molecule has 0 radical (unpaired) electrons. The summed E-state index contributed by atoms with van der Waals surface area (Å²) in [5, 5.41) is 0. The minimum Gasteiger partial charge on any atom is -0.485 e. The summed E-state index contributed by atoms with van der Waals surface area (Å²) >= 11 is 3.27. The van der Waals surface area contributed by atoms with Gasteiger partial charge in [-0.25, -0.2) is 4.39 Å². The van der Waals surface area contributed by atoms with E-state index in [1.165, 1.54) is 17.2 Å². The second-order valence-corrected chi connectivity index (χ2v) is 7.41. The summed E-state index contributed by atoms with van der Waals surface area (Å²) in [6.45, 7) is 1.54. The zero-order chi connectivity index (χ0) is 17.9. The fourth-order valence-electron chi connectivity index (χ4n) is 3.39. The van der Waals surface area contributed by atoms with E-state index in [0.29, 0.717) is 10.2 Å². The van der Waals surface area contributed by atoms with Crippen LogP contribution in [0.3, 0.4) is 0 Å². The molecular formula is C22H19BrFNO. The van der Waals surface area contributed by atoms with Crippen LogP contribution >= 0.6 is 15.9 Å². The average molecular weight is 412 g/mol. The fourth-order valence-corrected chi connectivity index (χ4v) is 3.72. The van der Waals surface area contributed by atoms with Crippen molar-refractivity contribution in [3.05, 3.63) is 100 Å². The van der Waals surface area contributed by atoms with Crippen molar-refractivity contribution >= 4 is 15.9 Å². The van der Waals surface area contributed by atoms with Crippen molar-refractivity contribution in [1.29, 1.82) is 0 Å². The number of likely N-dealkylation sites (tertiary alicyclic amines) is 1. The minimum absolute atomic E-state index is 0.000556. The van der Waals surface area contributed by atoms with E-state index >= 15 is 0 Å². The summed E-state index contributed by atoms with van der Waals surface area (Å²) in [6.07, 6.45) is 0.000556. The molecule has 0 N–H and O–H groups in total. The lowest BCUT2D eigenvalue weighted by molar-refractivity contribution is -0.00169. The second-order valence-electron chi connectivity index (χ2n) is 6.49. The van der Waals surface area contributed by atoms with Gasteiger partial charge in [0, 0.05) is 17.6 Å². The van der Waals surface area contributed by atoms with Crippen molar-refractivity contribution in [2.24, 2.45) is 0 Å². The maximum Gasteiger partial charge on any atom is 0.166 e. The van der Waals surface area contributed by atoms with Gasteiger partial charge in [0.25, 0.3) is 0 Å². The number of ether oxygens (including phenoxy) is 1. The summed E-state index contributed by atoms with van der Waals surface area (Å²) < 4.78 is 20.6. The normalized spacial score (nSPS) is 15.0. The van der Waals surface area contributed by atoms with Gasteiger partial charge in [-0.05, 0) is 29.3 Å². The molecule has 0 saturated carbocycles. The molecule has 26 heavy (non-hydrogen) atoms. The average Bonchev–Trinajstić information content (AvgIpc) is 2.63. The van der Waals surface area contributed by atoms with Crippen molar-refractivity contribution in [3.63, 3.8) is 0 Å². The second kappa shape index (κ2) is 7.60. The Morgan fingerprint density at radius 2 is 1.46 bits per heavy atom. The SMILES string of the molecule is Fc1cc(Br)ccc1OC1CN(C(c2ccccc2)c2ccccc2)C1. The molecule has 0 amide bonds. The van der Waals surface area contributed by atoms with E-state index in [2.05, 4.69) is 69.4 Å². The molecule has 1 fully saturated rings. The summed E-state index contributed by atoms with van der Waals surface area (Å²) in [6, 6.07) is 26.0. The predicted molar refractivity (Wildman–Crippen MR) is 105 cm³/mol. The molecule has 0 unspecified atom stereocenters. The molecule has 0 spiro atoms. The Hall–Kier alpha value is -2.17. The van der Waals surface area contributed by atoms with Crippen LogP contribution in [0.4, 0.5) is 4.39 Å². The Bertz CT molecular complexity index is 826. The first-order valence-electron chi connectivity index (χ1n) is 8.66. The molecule has 1 aliphatic heterocycles. The molecule has 4 heteroatoms. The monoisotopic (exact) mass is 411 g/mol. The molecule has 0 aliphatic carbocycles. The Balaban J connectivity index is 1.49. The highest BCUT2D eigenvalue weighted by atomic mass is 79.9. The Morgan fingerprint density at radius 3 is 2.00 bits per heavy atom. The van der Waals surface area contributed by atoms with E-state index < -0.39 is 0 Å². The quantitative estimate of drug-likeness (QED) is 0.553. The summed E-state index contributed by atoms with van der Waals surface area (Å²) in [7, 11) is 0. The lowest BCUT2D eigenvalue weighted by Gasteiger charge is -2.44. The van der Waals surface area contributed by atoms with Crippen molar-refractivity contribution in [3.8, 4) is 5.75 Å². The molecule has 0 atom stereocenters. The third-order valence-electron chi connectivity index (χ3n) is 4.66. The number of rotatable bonds is 5. The molecule has 2 nitrogen and oxygen atoms in total. The van der Waals surface area contributed by atoms with Gasteiger partial charge in [0.1, 0.15) is 6.10 Å². The Kier molecular flexibility index (Phi) is 5.05. The van der Waals surface area contributed by atoms with E-state index in [1.807, 2.05) is 12.1 Å². The molecule has 4 rings (SSSR count). The molecule has 1 saturated heterocycles. The molecule has 3 aromatic rings. The van der Waals surface area contributed by atoms with Gasteiger partial charge in [-0.3, -0.25) is 4.90 Å². The van der Waals surface area contributed by atoms with Gasteiger partial charge in [0.2, 0.25) is 0 Å². The number of benzene rings is 3. The maximum absolute atomic E-state index is 14.0. The smallest absolute Gasteiger partial charge is 0.166 e. The fraction of sp³-hybridized carbons (Fsp3) is 0.182. The Morgan fingerprint density at radius 1 is 0.885 bits per heavy atom. The number of hydrogen-bond donors (Lipinski definition) is 0. The predicted octanol–water partition coefficient (Wildman–Crippen LogP) is 5.44. The van der Waals surface area contributed by atoms with Crippen LogP contribution < -0.4 is 4.74 Å². The van der Waals surface area contributed by atoms with Crippen molar-refractivity contribution in [2.75, 3.05) is 13.1 Å². The first kappa shape index (κ1) is 17.3. The van der Waals surface area contributed by atoms with E-state index in [9.17, 15) is 4.39 Å². The van der Waals surface area contributed by atoms with Crippen LogP contribution in [-0.4, -0.2) is 24.1 Å². The van der Waals surface area contributed by atoms with Crippen LogP contribution in [0.2, 0.25) is 0 Å².